The van der Waals surface area contributed by atoms with Crippen molar-refractivity contribution in [1.29, 1.82) is 0 Å². The number of nitrogens with one attached hydrogen (secondary N) is 1. The van der Waals surface area contributed by atoms with Crippen LogP contribution in [0.5, 0.6) is 0 Å². The average Bonchev–Trinajstić information content (AvgIpc) is 2.21. The van der Waals surface area contributed by atoms with Crippen molar-refractivity contribution in [2.75, 3.05) is 0 Å². The van der Waals surface area contributed by atoms with E-state index in [1.165, 1.54) is 10.9 Å². The number of rotatable bonds is 2. The fraction of sp³-hybridized carbons (Fsp3) is 0.250. The molecule has 1 aromatic carbocycles. The fourth-order valence-corrected chi connectivity index (χ4v) is 1.84. The first-order valence-corrected chi connectivity index (χ1v) is 5.27. The van der Waals surface area contributed by atoms with Crippen LogP contribution in [-0.2, 0) is 6.54 Å². The number of nitrogens with zero attached hydrogens (tertiary/aromatic N) is 2. The van der Waals surface area contributed by atoms with E-state index in [0.29, 0.717) is 6.54 Å². The van der Waals surface area contributed by atoms with Crippen molar-refractivity contribution < 1.29 is 0 Å². The summed E-state index contributed by atoms with van der Waals surface area (Å²) < 4.78 is 1.37. The predicted octanol–water partition coefficient (Wildman–Crippen LogP) is 0.597. The third kappa shape index (κ3) is 2.69. The first-order valence-electron chi connectivity index (χ1n) is 5.27. The number of aromatic nitrogens is 3. The molecule has 0 fully saturated rings. The van der Waals surface area contributed by atoms with Crippen molar-refractivity contribution in [3.63, 3.8) is 0 Å². The minimum absolute atomic E-state index is 0.408. The van der Waals surface area contributed by atoms with Crippen molar-refractivity contribution in [3.05, 3.63) is 62.2 Å². The van der Waals surface area contributed by atoms with Gasteiger partial charge in [0.2, 0.25) is 0 Å². The zero-order valence-electron chi connectivity index (χ0n) is 9.73. The quantitative estimate of drug-likeness (QED) is 0.822. The van der Waals surface area contributed by atoms with Crippen molar-refractivity contribution in [2.24, 2.45) is 0 Å². The molecule has 0 bridgehead atoms. The molecular formula is C12H13N3O2. The second-order valence-corrected chi connectivity index (χ2v) is 4.10. The Morgan fingerprint density at radius 2 is 1.82 bits per heavy atom. The summed E-state index contributed by atoms with van der Waals surface area (Å²) in [5.74, 6) is 0. The Balaban J connectivity index is 2.38. The van der Waals surface area contributed by atoms with Crippen LogP contribution in [0.1, 0.15) is 16.7 Å². The summed E-state index contributed by atoms with van der Waals surface area (Å²) in [5.41, 5.74) is 2.24. The first-order chi connectivity index (χ1) is 8.04. The van der Waals surface area contributed by atoms with Crippen LogP contribution in [0.3, 0.4) is 0 Å². The molecule has 0 atom stereocenters. The molecule has 2 rings (SSSR count). The highest BCUT2D eigenvalue weighted by Gasteiger charge is 2.00. The van der Waals surface area contributed by atoms with Crippen molar-refractivity contribution in [2.45, 2.75) is 20.4 Å². The maximum absolute atomic E-state index is 11.5. The molecule has 17 heavy (non-hydrogen) atoms. The maximum atomic E-state index is 11.5. The van der Waals surface area contributed by atoms with Crippen LogP contribution in [0.4, 0.5) is 0 Å². The number of hydrogen-bond acceptors (Lipinski definition) is 3. The lowest BCUT2D eigenvalue weighted by atomic mass is 10.1. The number of H-pyrrole nitrogens is 1. The van der Waals surface area contributed by atoms with Gasteiger partial charge in [-0.15, -0.1) is 0 Å². The van der Waals surface area contributed by atoms with E-state index >= 15 is 0 Å². The van der Waals surface area contributed by atoms with E-state index in [0.717, 1.165) is 16.7 Å². The van der Waals surface area contributed by atoms with Gasteiger partial charge in [0.1, 0.15) is 6.33 Å². The highest BCUT2D eigenvalue weighted by atomic mass is 16.2. The van der Waals surface area contributed by atoms with E-state index < -0.39 is 11.4 Å². The van der Waals surface area contributed by atoms with Crippen molar-refractivity contribution >= 4 is 0 Å². The molecule has 2 aromatic rings. The van der Waals surface area contributed by atoms with E-state index in [1.807, 2.05) is 26.0 Å². The molecule has 88 valence electrons. The number of hydrogen-bond donors (Lipinski definition) is 1. The highest BCUT2D eigenvalue weighted by molar-refractivity contribution is 5.28. The van der Waals surface area contributed by atoms with Crippen LogP contribution >= 0.6 is 0 Å². The molecule has 5 heteroatoms. The maximum Gasteiger partial charge on any atom is 0.350 e. The van der Waals surface area contributed by atoms with Crippen LogP contribution < -0.4 is 11.4 Å². The third-order valence-corrected chi connectivity index (χ3v) is 2.42. The monoisotopic (exact) mass is 231 g/mol. The second-order valence-electron chi connectivity index (χ2n) is 4.10. The summed E-state index contributed by atoms with van der Waals surface area (Å²) in [6.07, 6.45) is 1.26. The largest absolute Gasteiger partial charge is 0.350 e. The molecule has 0 spiro atoms. The van der Waals surface area contributed by atoms with Gasteiger partial charge >= 0.3 is 11.4 Å². The Hall–Kier alpha value is -2.17. The lowest BCUT2D eigenvalue weighted by Gasteiger charge is -2.06. The van der Waals surface area contributed by atoms with E-state index in [4.69, 9.17) is 0 Å². The Labute approximate surface area is 97.8 Å². The standard InChI is InChI=1S/C12H13N3O2/c1-8-3-9(2)5-10(4-8)6-15-7-13-11(16)14-12(15)17/h3-5,7H,6H2,1-2H3,(H,14,16,17). The highest BCUT2D eigenvalue weighted by Crippen LogP contribution is 2.09. The van der Waals surface area contributed by atoms with Gasteiger partial charge in [-0.1, -0.05) is 29.3 Å². The van der Waals surface area contributed by atoms with Crippen molar-refractivity contribution in [1.82, 2.24) is 14.5 Å². The first kappa shape index (κ1) is 11.3. The Kier molecular flexibility index (Phi) is 2.91. The summed E-state index contributed by atoms with van der Waals surface area (Å²) in [7, 11) is 0. The number of benzene rings is 1. The lowest BCUT2D eigenvalue weighted by molar-refractivity contribution is 0.687. The minimum atomic E-state index is -0.619. The predicted molar refractivity (Wildman–Crippen MR) is 64.1 cm³/mol. The number of aromatic amines is 1. The van der Waals surface area contributed by atoms with Gasteiger partial charge in [0.05, 0.1) is 6.54 Å². The van der Waals surface area contributed by atoms with Crippen molar-refractivity contribution in [3.8, 4) is 0 Å². The third-order valence-electron chi connectivity index (χ3n) is 2.42. The van der Waals surface area contributed by atoms with E-state index in [1.54, 1.807) is 0 Å². The summed E-state index contributed by atoms with van der Waals surface area (Å²) in [6, 6.07) is 6.08. The molecule has 1 N–H and O–H groups in total. The molecule has 0 unspecified atom stereocenters. The Morgan fingerprint density at radius 1 is 1.18 bits per heavy atom. The molecular weight excluding hydrogens is 218 g/mol. The van der Waals surface area contributed by atoms with Gasteiger partial charge in [-0.05, 0) is 19.4 Å². The molecule has 5 nitrogen and oxygen atoms in total. The second kappa shape index (κ2) is 4.37. The molecule has 0 aliphatic heterocycles. The van der Waals surface area contributed by atoms with E-state index in [9.17, 15) is 9.59 Å². The SMILES string of the molecule is Cc1cc(C)cc(Cn2cnc(=O)[nH]c2=O)c1. The fourth-order valence-electron chi connectivity index (χ4n) is 1.84. The summed E-state index contributed by atoms with van der Waals surface area (Å²) in [6.45, 7) is 4.42. The molecule has 0 aliphatic rings. The van der Waals surface area contributed by atoms with Crippen LogP contribution in [-0.4, -0.2) is 14.5 Å². The number of aryl methyl sites for hydroxylation is 2. The molecule has 0 saturated carbocycles. The molecule has 1 heterocycles. The summed E-state index contributed by atoms with van der Waals surface area (Å²) in [4.78, 5) is 28.0. The van der Waals surface area contributed by atoms with Crippen LogP contribution in [0.25, 0.3) is 0 Å². The van der Waals surface area contributed by atoms with Crippen LogP contribution in [0, 0.1) is 13.8 Å². The van der Waals surface area contributed by atoms with Gasteiger partial charge in [0.25, 0.3) is 0 Å². The topological polar surface area (TPSA) is 67.8 Å². The van der Waals surface area contributed by atoms with Gasteiger partial charge in [-0.3, -0.25) is 9.55 Å². The molecule has 0 saturated heterocycles. The van der Waals surface area contributed by atoms with Crippen LogP contribution in [0.15, 0.2) is 34.1 Å². The van der Waals surface area contributed by atoms with E-state index in [2.05, 4.69) is 16.0 Å². The normalized spacial score (nSPS) is 10.5. The minimum Gasteiger partial charge on any atom is -0.280 e. The molecule has 0 amide bonds. The summed E-state index contributed by atoms with van der Waals surface area (Å²) >= 11 is 0. The lowest BCUT2D eigenvalue weighted by Crippen LogP contribution is -2.31. The van der Waals surface area contributed by atoms with E-state index in [-0.39, 0.29) is 0 Å². The molecule has 0 aliphatic carbocycles. The van der Waals surface area contributed by atoms with Gasteiger partial charge in [-0.25, -0.2) is 9.59 Å². The van der Waals surface area contributed by atoms with Crippen LogP contribution in [0.2, 0.25) is 0 Å². The Bertz CT molecular complexity index is 635. The Morgan fingerprint density at radius 3 is 2.41 bits per heavy atom. The van der Waals surface area contributed by atoms with Gasteiger partial charge in [-0.2, -0.15) is 4.98 Å². The van der Waals surface area contributed by atoms with Gasteiger partial charge in [0.15, 0.2) is 0 Å². The molecule has 0 radical (unpaired) electrons. The summed E-state index contributed by atoms with van der Waals surface area (Å²) in [5, 5.41) is 0. The van der Waals surface area contributed by atoms with Gasteiger partial charge < -0.3 is 0 Å². The average molecular weight is 231 g/mol. The zero-order valence-corrected chi connectivity index (χ0v) is 9.73. The smallest absolute Gasteiger partial charge is 0.280 e. The van der Waals surface area contributed by atoms with Gasteiger partial charge in [0, 0.05) is 0 Å². The molecule has 1 aromatic heterocycles. The zero-order chi connectivity index (χ0) is 12.4.